The Bertz CT molecular complexity index is 305. The summed E-state index contributed by atoms with van der Waals surface area (Å²) in [5, 5.41) is 0. The highest BCUT2D eigenvalue weighted by Gasteiger charge is 2.00. The third kappa shape index (κ3) is 2.99. The summed E-state index contributed by atoms with van der Waals surface area (Å²) in [7, 11) is 4.03. The molecule has 2 nitrogen and oxygen atoms in total. The standard InChI is InChI=1S/C11H15NO/c1-9(13)11-6-4-5-10(7-11)8-12(2)3/h4-7H,8H2,1-3H3. The van der Waals surface area contributed by atoms with Gasteiger partial charge in [0.15, 0.2) is 5.78 Å². The summed E-state index contributed by atoms with van der Waals surface area (Å²) in [6, 6.07) is 7.76. The molecule has 1 rings (SSSR count). The SMILES string of the molecule is CC(=O)c1cccc(CN(C)C)c1. The molecule has 0 aliphatic carbocycles. The molecule has 0 aromatic heterocycles. The number of ketones is 1. The van der Waals surface area contributed by atoms with Crippen molar-refractivity contribution in [1.29, 1.82) is 0 Å². The molecule has 0 unspecified atom stereocenters. The number of hydrogen-bond acceptors (Lipinski definition) is 2. The van der Waals surface area contributed by atoms with Crippen LogP contribution < -0.4 is 0 Å². The maximum Gasteiger partial charge on any atom is 0.159 e. The van der Waals surface area contributed by atoms with E-state index in [4.69, 9.17) is 0 Å². The second kappa shape index (κ2) is 4.19. The molecular formula is C11H15NO. The number of carbonyl (C=O) groups is 1. The third-order valence-corrected chi connectivity index (χ3v) is 1.83. The molecule has 0 bridgehead atoms. The van der Waals surface area contributed by atoms with Crippen LogP contribution in [0.5, 0.6) is 0 Å². The van der Waals surface area contributed by atoms with Crippen LogP contribution in [0.15, 0.2) is 24.3 Å². The molecule has 0 N–H and O–H groups in total. The Morgan fingerprint density at radius 3 is 2.62 bits per heavy atom. The lowest BCUT2D eigenvalue weighted by atomic mass is 10.1. The Hall–Kier alpha value is -1.15. The van der Waals surface area contributed by atoms with Crippen LogP contribution in [-0.2, 0) is 6.54 Å². The van der Waals surface area contributed by atoms with Crippen LogP contribution in [-0.4, -0.2) is 24.8 Å². The van der Waals surface area contributed by atoms with Crippen molar-refractivity contribution in [3.05, 3.63) is 35.4 Å². The maximum absolute atomic E-state index is 11.1. The predicted octanol–water partition coefficient (Wildman–Crippen LogP) is 1.95. The van der Waals surface area contributed by atoms with E-state index in [1.165, 1.54) is 5.56 Å². The molecule has 0 heterocycles. The first-order valence-corrected chi connectivity index (χ1v) is 4.34. The van der Waals surface area contributed by atoms with Gasteiger partial charge in [-0.3, -0.25) is 4.79 Å². The van der Waals surface area contributed by atoms with Crippen molar-refractivity contribution in [2.45, 2.75) is 13.5 Å². The molecule has 70 valence electrons. The quantitative estimate of drug-likeness (QED) is 0.658. The summed E-state index contributed by atoms with van der Waals surface area (Å²) < 4.78 is 0. The van der Waals surface area contributed by atoms with E-state index in [0.29, 0.717) is 0 Å². The van der Waals surface area contributed by atoms with Gasteiger partial charge in [-0.05, 0) is 32.6 Å². The van der Waals surface area contributed by atoms with Gasteiger partial charge < -0.3 is 4.90 Å². The van der Waals surface area contributed by atoms with Gasteiger partial charge in [0.1, 0.15) is 0 Å². The lowest BCUT2D eigenvalue weighted by Gasteiger charge is -2.09. The lowest BCUT2D eigenvalue weighted by Crippen LogP contribution is -2.10. The van der Waals surface area contributed by atoms with Crippen LogP contribution in [0.25, 0.3) is 0 Å². The second-order valence-corrected chi connectivity index (χ2v) is 3.49. The van der Waals surface area contributed by atoms with E-state index in [-0.39, 0.29) is 5.78 Å². The Balaban J connectivity index is 2.85. The first kappa shape index (κ1) is 9.93. The summed E-state index contributed by atoms with van der Waals surface area (Å²) in [6.45, 7) is 2.47. The van der Waals surface area contributed by atoms with Crippen molar-refractivity contribution in [2.24, 2.45) is 0 Å². The van der Waals surface area contributed by atoms with E-state index in [1.807, 2.05) is 38.4 Å². The summed E-state index contributed by atoms with van der Waals surface area (Å²) >= 11 is 0. The van der Waals surface area contributed by atoms with E-state index in [9.17, 15) is 4.79 Å². The van der Waals surface area contributed by atoms with E-state index >= 15 is 0 Å². The molecule has 0 saturated heterocycles. The Morgan fingerprint density at radius 2 is 2.08 bits per heavy atom. The molecule has 1 aromatic carbocycles. The summed E-state index contributed by atoms with van der Waals surface area (Å²) in [6.07, 6.45) is 0. The monoisotopic (exact) mass is 177 g/mol. The van der Waals surface area contributed by atoms with Crippen LogP contribution in [0.1, 0.15) is 22.8 Å². The van der Waals surface area contributed by atoms with Crippen LogP contribution in [0, 0.1) is 0 Å². The van der Waals surface area contributed by atoms with Crippen molar-refractivity contribution < 1.29 is 4.79 Å². The summed E-state index contributed by atoms with van der Waals surface area (Å²) in [5.41, 5.74) is 1.97. The molecular weight excluding hydrogens is 162 g/mol. The number of benzene rings is 1. The number of Topliss-reactive ketones (excluding diaryl/α,β-unsaturated/α-hetero) is 1. The minimum atomic E-state index is 0.126. The van der Waals surface area contributed by atoms with Gasteiger partial charge in [0.2, 0.25) is 0 Å². The third-order valence-electron chi connectivity index (χ3n) is 1.83. The molecule has 0 radical (unpaired) electrons. The Morgan fingerprint density at radius 1 is 1.38 bits per heavy atom. The minimum Gasteiger partial charge on any atom is -0.305 e. The van der Waals surface area contributed by atoms with Crippen molar-refractivity contribution in [1.82, 2.24) is 4.90 Å². The van der Waals surface area contributed by atoms with E-state index < -0.39 is 0 Å². The fourth-order valence-corrected chi connectivity index (χ4v) is 1.25. The second-order valence-electron chi connectivity index (χ2n) is 3.49. The first-order chi connectivity index (χ1) is 6.09. The fraction of sp³-hybridized carbons (Fsp3) is 0.364. The van der Waals surface area contributed by atoms with Gasteiger partial charge in [0.05, 0.1) is 0 Å². The average molecular weight is 177 g/mol. The number of carbonyl (C=O) groups excluding carboxylic acids is 1. The molecule has 0 saturated carbocycles. The number of hydrogen-bond donors (Lipinski definition) is 0. The zero-order valence-electron chi connectivity index (χ0n) is 8.37. The van der Waals surface area contributed by atoms with Crippen LogP contribution >= 0.6 is 0 Å². The minimum absolute atomic E-state index is 0.126. The zero-order valence-corrected chi connectivity index (χ0v) is 8.37. The van der Waals surface area contributed by atoms with Gasteiger partial charge in [-0.25, -0.2) is 0 Å². The van der Waals surface area contributed by atoms with E-state index in [0.717, 1.165) is 12.1 Å². The number of nitrogens with zero attached hydrogens (tertiary/aromatic N) is 1. The Kier molecular flexibility index (Phi) is 3.20. The van der Waals surface area contributed by atoms with Gasteiger partial charge in [0, 0.05) is 12.1 Å². The molecule has 2 heteroatoms. The smallest absolute Gasteiger partial charge is 0.159 e. The Labute approximate surface area is 79.2 Å². The molecule has 13 heavy (non-hydrogen) atoms. The van der Waals surface area contributed by atoms with Crippen molar-refractivity contribution in [2.75, 3.05) is 14.1 Å². The van der Waals surface area contributed by atoms with Gasteiger partial charge in [0.25, 0.3) is 0 Å². The van der Waals surface area contributed by atoms with Gasteiger partial charge in [-0.1, -0.05) is 18.2 Å². The lowest BCUT2D eigenvalue weighted by molar-refractivity contribution is 0.101. The van der Waals surface area contributed by atoms with Crippen LogP contribution in [0.3, 0.4) is 0 Å². The average Bonchev–Trinajstić information content (AvgIpc) is 2.03. The maximum atomic E-state index is 11.1. The van der Waals surface area contributed by atoms with Crippen LogP contribution in [0.2, 0.25) is 0 Å². The molecule has 0 aliphatic heterocycles. The molecule has 1 aromatic rings. The van der Waals surface area contributed by atoms with Crippen LogP contribution in [0.4, 0.5) is 0 Å². The number of rotatable bonds is 3. The summed E-state index contributed by atoms with van der Waals surface area (Å²) in [4.78, 5) is 13.2. The van der Waals surface area contributed by atoms with Gasteiger partial charge >= 0.3 is 0 Å². The zero-order chi connectivity index (χ0) is 9.84. The molecule has 0 spiro atoms. The largest absolute Gasteiger partial charge is 0.305 e. The predicted molar refractivity (Wildman–Crippen MR) is 53.8 cm³/mol. The highest BCUT2D eigenvalue weighted by molar-refractivity contribution is 5.94. The van der Waals surface area contributed by atoms with E-state index in [1.54, 1.807) is 6.92 Å². The topological polar surface area (TPSA) is 20.3 Å². The highest BCUT2D eigenvalue weighted by atomic mass is 16.1. The molecule has 0 aliphatic rings. The normalized spacial score (nSPS) is 10.5. The van der Waals surface area contributed by atoms with Crippen molar-refractivity contribution in [3.8, 4) is 0 Å². The van der Waals surface area contributed by atoms with Gasteiger partial charge in [-0.2, -0.15) is 0 Å². The molecule has 0 fully saturated rings. The van der Waals surface area contributed by atoms with Gasteiger partial charge in [-0.15, -0.1) is 0 Å². The fourth-order valence-electron chi connectivity index (χ4n) is 1.25. The van der Waals surface area contributed by atoms with E-state index in [2.05, 4.69) is 4.90 Å². The first-order valence-electron chi connectivity index (χ1n) is 4.34. The molecule has 0 atom stereocenters. The van der Waals surface area contributed by atoms with Crippen molar-refractivity contribution >= 4 is 5.78 Å². The van der Waals surface area contributed by atoms with Crippen molar-refractivity contribution in [3.63, 3.8) is 0 Å². The highest BCUT2D eigenvalue weighted by Crippen LogP contribution is 2.07. The summed E-state index contributed by atoms with van der Waals surface area (Å²) in [5.74, 6) is 0.126. The molecule has 0 amide bonds.